The van der Waals surface area contributed by atoms with Gasteiger partial charge >= 0.3 is 0 Å². The minimum absolute atomic E-state index is 0.874. The maximum atomic E-state index is 5.35. The van der Waals surface area contributed by atoms with Gasteiger partial charge in [-0.05, 0) is 37.1 Å². The Morgan fingerprint density at radius 3 is 2.38 bits per heavy atom. The fourth-order valence-corrected chi connectivity index (χ4v) is 1.87. The van der Waals surface area contributed by atoms with Crippen molar-refractivity contribution >= 4 is 15.9 Å². The number of aryl methyl sites for hydroxylation is 2. The summed E-state index contributed by atoms with van der Waals surface area (Å²) < 4.78 is 6.42. The van der Waals surface area contributed by atoms with Crippen molar-refractivity contribution in [1.29, 1.82) is 0 Å². The van der Waals surface area contributed by atoms with Crippen LogP contribution in [0.3, 0.4) is 0 Å². The molecular weight excluding hydrogens is 228 g/mol. The number of benzene rings is 1. The third-order valence-electron chi connectivity index (χ3n) is 1.69. The molecule has 0 aliphatic carbocycles. The predicted octanol–water partition coefficient (Wildman–Crippen LogP) is 3.74. The van der Waals surface area contributed by atoms with Crippen LogP contribution in [-0.2, 0) is 0 Å². The van der Waals surface area contributed by atoms with Crippen LogP contribution in [0.25, 0.3) is 0 Å². The first-order chi connectivity index (χ1) is 6.15. The Morgan fingerprint density at radius 1 is 1.38 bits per heavy atom. The molecule has 0 atom stereocenters. The number of rotatable bonds is 2. The molecule has 1 aromatic carbocycles. The van der Waals surface area contributed by atoms with Crippen LogP contribution in [-0.4, -0.2) is 0 Å². The van der Waals surface area contributed by atoms with Crippen LogP contribution in [0.2, 0.25) is 0 Å². The monoisotopic (exact) mass is 238 g/mol. The van der Waals surface area contributed by atoms with Gasteiger partial charge in [0.1, 0.15) is 12.0 Å². The molecule has 0 heterocycles. The van der Waals surface area contributed by atoms with Crippen LogP contribution in [0.4, 0.5) is 0 Å². The van der Waals surface area contributed by atoms with Crippen molar-refractivity contribution in [2.24, 2.45) is 0 Å². The van der Waals surface area contributed by atoms with E-state index in [0.29, 0.717) is 0 Å². The summed E-state index contributed by atoms with van der Waals surface area (Å²) in [6.45, 7) is 7.45. The molecule has 13 heavy (non-hydrogen) atoms. The Balaban J connectivity index is 3.12. The molecule has 0 radical (unpaired) electrons. The van der Waals surface area contributed by atoms with E-state index in [-0.39, 0.29) is 0 Å². The van der Waals surface area contributed by atoms with E-state index in [9.17, 15) is 0 Å². The molecule has 0 aliphatic rings. The van der Waals surface area contributed by atoms with Gasteiger partial charge in [-0.2, -0.15) is 0 Å². The van der Waals surface area contributed by atoms with Gasteiger partial charge < -0.3 is 4.74 Å². The van der Waals surface area contributed by atoms with E-state index in [0.717, 1.165) is 21.3 Å². The second-order valence-electron chi connectivity index (χ2n) is 2.81. The molecule has 0 amide bonds. The molecule has 0 bridgehead atoms. The van der Waals surface area contributed by atoms with Crippen LogP contribution in [0.1, 0.15) is 11.1 Å². The molecule has 1 rings (SSSR count). The van der Waals surface area contributed by atoms with Gasteiger partial charge in [0.2, 0.25) is 0 Å². The predicted molar refractivity (Wildman–Crippen MR) is 58.0 cm³/mol. The molecule has 0 fully saturated rings. The molecule has 1 aromatic rings. The zero-order valence-electron chi connectivity index (χ0n) is 7.73. The van der Waals surface area contributed by atoms with Crippen molar-refractivity contribution in [3.8, 4) is 5.75 Å². The Hall–Kier alpha value is -0.980. The molecule has 0 saturated carbocycles. The van der Waals surface area contributed by atoms with Crippen LogP contribution in [0.5, 0.6) is 5.75 Å². The maximum absolute atomic E-state index is 5.35. The van der Waals surface area contributed by atoms with Crippen molar-refractivity contribution in [3.05, 3.63) is 46.3 Å². The van der Waals surface area contributed by atoms with Crippen molar-refractivity contribution < 1.29 is 4.74 Å². The molecule has 0 unspecified atom stereocenters. The van der Waals surface area contributed by atoms with Crippen LogP contribution in [0, 0.1) is 13.8 Å². The number of ether oxygens (including phenoxy) is 1. The van der Waals surface area contributed by atoms with Gasteiger partial charge in [-0.3, -0.25) is 0 Å². The summed E-state index contributed by atoms with van der Waals surface area (Å²) in [5.41, 5.74) is 4.77. The Morgan fingerprint density at radius 2 is 1.92 bits per heavy atom. The molecule has 1 nitrogen and oxygen atoms in total. The fourth-order valence-electron chi connectivity index (χ4n) is 1.18. The van der Waals surface area contributed by atoms with Crippen LogP contribution < -0.4 is 4.74 Å². The Bertz CT molecular complexity index is 339. The summed E-state index contributed by atoms with van der Waals surface area (Å²) in [6.07, 6.45) is 1.46. The second-order valence-corrected chi connectivity index (χ2v) is 3.72. The lowest BCUT2D eigenvalue weighted by atomic mass is 10.1. The normalized spacial score (nSPS) is 9.15. The second kappa shape index (κ2) is 4.31. The summed E-state index contributed by atoms with van der Waals surface area (Å²) in [5.74, 6) is 0.874. The van der Waals surface area contributed by atoms with E-state index >= 15 is 0 Å². The minimum atomic E-state index is 0.874. The van der Waals surface area contributed by atoms with Gasteiger partial charge in [-0.15, -0.1) is 0 Å². The van der Waals surface area contributed by atoms with Crippen molar-refractivity contribution in [2.75, 3.05) is 0 Å². The standard InChI is InChI=1S/C11H11BrO/c1-4-5-13-11-8(2)6-10(12)7-9(11)3/h5-7H,1H2,2-3H3. The van der Waals surface area contributed by atoms with E-state index < -0.39 is 0 Å². The lowest BCUT2D eigenvalue weighted by Crippen LogP contribution is -1.89. The molecule has 0 saturated heterocycles. The topological polar surface area (TPSA) is 9.23 Å². The number of halogens is 1. The summed E-state index contributed by atoms with van der Waals surface area (Å²) in [6, 6.07) is 4.03. The average Bonchev–Trinajstić information content (AvgIpc) is 2.02. The zero-order valence-corrected chi connectivity index (χ0v) is 9.31. The van der Waals surface area contributed by atoms with Crippen molar-refractivity contribution in [3.63, 3.8) is 0 Å². The summed E-state index contributed by atoms with van der Waals surface area (Å²) in [4.78, 5) is 0. The molecule has 0 spiro atoms. The minimum Gasteiger partial charge on any atom is -0.456 e. The zero-order chi connectivity index (χ0) is 9.84. The van der Waals surface area contributed by atoms with Gasteiger partial charge in [0.25, 0.3) is 0 Å². The van der Waals surface area contributed by atoms with Crippen molar-refractivity contribution in [1.82, 2.24) is 0 Å². The maximum Gasteiger partial charge on any atom is 0.133 e. The molecule has 2 heteroatoms. The third-order valence-corrected chi connectivity index (χ3v) is 2.14. The molecule has 0 aromatic heterocycles. The SMILES string of the molecule is C=C=COc1c(C)cc(Br)cc1C. The van der Waals surface area contributed by atoms with Gasteiger partial charge in [-0.25, -0.2) is 0 Å². The highest BCUT2D eigenvalue weighted by atomic mass is 79.9. The molecular formula is C11H11BrO. The number of hydrogen-bond donors (Lipinski definition) is 0. The lowest BCUT2D eigenvalue weighted by Gasteiger charge is -2.08. The lowest BCUT2D eigenvalue weighted by molar-refractivity contribution is 0.475. The van der Waals surface area contributed by atoms with E-state index in [1.165, 1.54) is 6.26 Å². The largest absolute Gasteiger partial charge is 0.456 e. The molecule has 0 aliphatic heterocycles. The van der Waals surface area contributed by atoms with E-state index in [4.69, 9.17) is 4.74 Å². The summed E-state index contributed by atoms with van der Waals surface area (Å²) in [5, 5.41) is 0. The number of hydrogen-bond acceptors (Lipinski definition) is 1. The first kappa shape index (κ1) is 10.1. The van der Waals surface area contributed by atoms with E-state index in [1.807, 2.05) is 26.0 Å². The Kier molecular flexibility index (Phi) is 3.35. The Labute approximate surface area is 86.9 Å². The van der Waals surface area contributed by atoms with Gasteiger partial charge in [0.15, 0.2) is 0 Å². The van der Waals surface area contributed by atoms with Gasteiger partial charge in [-0.1, -0.05) is 28.2 Å². The van der Waals surface area contributed by atoms with Crippen LogP contribution in [0.15, 0.2) is 35.2 Å². The van der Waals surface area contributed by atoms with Crippen molar-refractivity contribution in [2.45, 2.75) is 13.8 Å². The van der Waals surface area contributed by atoms with Gasteiger partial charge in [0.05, 0.1) is 0 Å². The summed E-state index contributed by atoms with van der Waals surface area (Å²) in [7, 11) is 0. The first-order valence-electron chi connectivity index (χ1n) is 3.93. The summed E-state index contributed by atoms with van der Waals surface area (Å²) >= 11 is 3.42. The fraction of sp³-hybridized carbons (Fsp3) is 0.182. The van der Waals surface area contributed by atoms with Crippen LogP contribution >= 0.6 is 15.9 Å². The average molecular weight is 239 g/mol. The highest BCUT2D eigenvalue weighted by Crippen LogP contribution is 2.27. The molecule has 68 valence electrons. The molecule has 0 N–H and O–H groups in total. The highest BCUT2D eigenvalue weighted by molar-refractivity contribution is 9.10. The third kappa shape index (κ3) is 2.48. The quantitative estimate of drug-likeness (QED) is 0.564. The van der Waals surface area contributed by atoms with E-state index in [2.05, 4.69) is 28.2 Å². The highest BCUT2D eigenvalue weighted by Gasteiger charge is 2.03. The smallest absolute Gasteiger partial charge is 0.133 e. The first-order valence-corrected chi connectivity index (χ1v) is 4.72. The van der Waals surface area contributed by atoms with Gasteiger partial charge in [0, 0.05) is 4.47 Å². The van der Waals surface area contributed by atoms with E-state index in [1.54, 1.807) is 0 Å².